The van der Waals surface area contributed by atoms with E-state index >= 15 is 0 Å². The Bertz CT molecular complexity index is 1230. The van der Waals surface area contributed by atoms with Gasteiger partial charge in [-0.05, 0) is 30.3 Å². The molecule has 156 valence electrons. The number of hydrogen-bond donors (Lipinski definition) is 1. The number of carbonyl (C=O) groups excluding carboxylic acids is 1. The molecule has 1 aliphatic heterocycles. The number of aromatic nitrogens is 4. The standard InChI is InChI=1S/C23H21N5O3/c1-30-18-8-7-14(11-19(18)31-2)20-21(25-10-9-24-20)15-12-28(13-15)23(29)22-26-16-5-3-4-6-17(16)27-22/h3-11,15H,12-13H2,1-2H3,(H,26,27). The number of fused-ring (bicyclic) bond motifs is 1. The first kappa shape index (κ1) is 19.0. The summed E-state index contributed by atoms with van der Waals surface area (Å²) in [4.78, 5) is 31.3. The van der Waals surface area contributed by atoms with Gasteiger partial charge in [0.1, 0.15) is 0 Å². The number of nitrogens with zero attached hydrogens (tertiary/aromatic N) is 4. The van der Waals surface area contributed by atoms with Crippen LogP contribution in [0.2, 0.25) is 0 Å². The summed E-state index contributed by atoms with van der Waals surface area (Å²) in [6.07, 6.45) is 3.36. The summed E-state index contributed by atoms with van der Waals surface area (Å²) >= 11 is 0. The van der Waals surface area contributed by atoms with E-state index in [1.807, 2.05) is 42.5 Å². The van der Waals surface area contributed by atoms with Crippen molar-refractivity contribution < 1.29 is 14.3 Å². The van der Waals surface area contributed by atoms with Crippen LogP contribution in [0.25, 0.3) is 22.3 Å². The van der Waals surface area contributed by atoms with Crippen LogP contribution in [0.1, 0.15) is 22.2 Å². The topological polar surface area (TPSA) is 93.2 Å². The molecular weight excluding hydrogens is 394 g/mol. The van der Waals surface area contributed by atoms with Crippen molar-refractivity contribution in [3.63, 3.8) is 0 Å². The highest BCUT2D eigenvalue weighted by Gasteiger charge is 2.36. The molecule has 8 heteroatoms. The van der Waals surface area contributed by atoms with Crippen LogP contribution in [-0.4, -0.2) is 58.1 Å². The van der Waals surface area contributed by atoms with Gasteiger partial charge in [-0.1, -0.05) is 12.1 Å². The summed E-state index contributed by atoms with van der Waals surface area (Å²) in [7, 11) is 3.21. The molecule has 0 atom stereocenters. The van der Waals surface area contributed by atoms with E-state index < -0.39 is 0 Å². The van der Waals surface area contributed by atoms with Crippen molar-refractivity contribution in [1.82, 2.24) is 24.8 Å². The van der Waals surface area contributed by atoms with Crippen molar-refractivity contribution >= 4 is 16.9 Å². The fraction of sp³-hybridized carbons (Fsp3) is 0.217. The molecule has 1 saturated heterocycles. The molecule has 8 nitrogen and oxygen atoms in total. The predicted molar refractivity (Wildman–Crippen MR) is 115 cm³/mol. The maximum Gasteiger partial charge on any atom is 0.289 e. The highest BCUT2D eigenvalue weighted by molar-refractivity contribution is 5.94. The minimum atomic E-state index is -0.107. The van der Waals surface area contributed by atoms with Crippen LogP contribution in [0, 0.1) is 0 Å². The van der Waals surface area contributed by atoms with E-state index in [-0.39, 0.29) is 11.8 Å². The molecule has 0 radical (unpaired) electrons. The summed E-state index contributed by atoms with van der Waals surface area (Å²) in [5, 5.41) is 0. The van der Waals surface area contributed by atoms with Crippen molar-refractivity contribution in [3.05, 3.63) is 66.4 Å². The lowest BCUT2D eigenvalue weighted by molar-refractivity contribution is 0.0587. The number of aromatic amines is 1. The Kier molecular flexibility index (Phi) is 4.74. The van der Waals surface area contributed by atoms with Gasteiger partial charge < -0.3 is 19.4 Å². The van der Waals surface area contributed by atoms with Gasteiger partial charge in [-0.25, -0.2) is 4.98 Å². The molecule has 1 fully saturated rings. The lowest BCUT2D eigenvalue weighted by Crippen LogP contribution is -2.49. The molecule has 0 unspecified atom stereocenters. The first-order valence-electron chi connectivity index (χ1n) is 9.95. The van der Waals surface area contributed by atoms with Crippen LogP contribution in [0.15, 0.2) is 54.9 Å². The molecule has 5 rings (SSSR count). The van der Waals surface area contributed by atoms with Crippen LogP contribution >= 0.6 is 0 Å². The fourth-order valence-corrected chi connectivity index (χ4v) is 3.87. The van der Waals surface area contributed by atoms with E-state index in [1.54, 1.807) is 31.5 Å². The molecule has 1 aliphatic rings. The Hall–Kier alpha value is -3.94. The Balaban J connectivity index is 1.37. The Morgan fingerprint density at radius 1 is 1.03 bits per heavy atom. The largest absolute Gasteiger partial charge is 0.493 e. The van der Waals surface area contributed by atoms with Crippen LogP contribution in [0.3, 0.4) is 0 Å². The van der Waals surface area contributed by atoms with Crippen LogP contribution < -0.4 is 9.47 Å². The minimum Gasteiger partial charge on any atom is -0.493 e. The molecule has 2 aromatic heterocycles. The molecule has 1 amide bonds. The highest BCUT2D eigenvalue weighted by atomic mass is 16.5. The third-order valence-electron chi connectivity index (χ3n) is 5.53. The number of nitrogens with one attached hydrogen (secondary N) is 1. The molecule has 4 aromatic rings. The fourth-order valence-electron chi connectivity index (χ4n) is 3.87. The van der Waals surface area contributed by atoms with Crippen LogP contribution in [-0.2, 0) is 0 Å². The van der Waals surface area contributed by atoms with Gasteiger partial charge in [0, 0.05) is 37.0 Å². The third kappa shape index (κ3) is 3.35. The van der Waals surface area contributed by atoms with E-state index in [1.165, 1.54) is 0 Å². The number of benzene rings is 2. The predicted octanol–water partition coefficient (Wildman–Crippen LogP) is 3.28. The number of carbonyl (C=O) groups is 1. The second-order valence-electron chi connectivity index (χ2n) is 7.37. The van der Waals surface area contributed by atoms with Gasteiger partial charge in [-0.15, -0.1) is 0 Å². The van der Waals surface area contributed by atoms with Crippen molar-refractivity contribution in [1.29, 1.82) is 0 Å². The second kappa shape index (κ2) is 7.71. The van der Waals surface area contributed by atoms with E-state index in [0.29, 0.717) is 30.4 Å². The summed E-state index contributed by atoms with van der Waals surface area (Å²) in [5.74, 6) is 1.64. The summed E-state index contributed by atoms with van der Waals surface area (Å²) < 4.78 is 10.8. The second-order valence-corrected chi connectivity index (χ2v) is 7.37. The number of para-hydroxylation sites is 2. The summed E-state index contributed by atoms with van der Waals surface area (Å²) in [6, 6.07) is 13.3. The van der Waals surface area contributed by atoms with Gasteiger partial charge in [0.15, 0.2) is 17.3 Å². The Morgan fingerprint density at radius 2 is 1.81 bits per heavy atom. The molecule has 3 heterocycles. The smallest absolute Gasteiger partial charge is 0.289 e. The molecular formula is C23H21N5O3. The average molecular weight is 415 g/mol. The summed E-state index contributed by atoms with van der Waals surface area (Å²) in [5.41, 5.74) is 4.18. The average Bonchev–Trinajstić information content (AvgIpc) is 3.22. The zero-order valence-electron chi connectivity index (χ0n) is 17.2. The van der Waals surface area contributed by atoms with E-state index in [4.69, 9.17) is 9.47 Å². The Labute approximate surface area is 178 Å². The van der Waals surface area contributed by atoms with E-state index in [9.17, 15) is 4.79 Å². The molecule has 0 saturated carbocycles. The van der Waals surface area contributed by atoms with Gasteiger partial charge in [-0.3, -0.25) is 14.8 Å². The van der Waals surface area contributed by atoms with Crippen molar-refractivity contribution in [2.45, 2.75) is 5.92 Å². The number of rotatable bonds is 5. The van der Waals surface area contributed by atoms with E-state index in [2.05, 4.69) is 19.9 Å². The van der Waals surface area contributed by atoms with Gasteiger partial charge in [0.05, 0.1) is 36.6 Å². The van der Waals surface area contributed by atoms with E-state index in [0.717, 1.165) is 28.0 Å². The van der Waals surface area contributed by atoms with Crippen molar-refractivity contribution in [3.8, 4) is 22.8 Å². The number of amides is 1. The molecule has 2 aromatic carbocycles. The number of methoxy groups -OCH3 is 2. The number of likely N-dealkylation sites (tertiary alicyclic amines) is 1. The van der Waals surface area contributed by atoms with Gasteiger partial charge in [0.2, 0.25) is 0 Å². The maximum atomic E-state index is 12.8. The third-order valence-corrected chi connectivity index (χ3v) is 5.53. The number of hydrogen-bond acceptors (Lipinski definition) is 6. The van der Waals surface area contributed by atoms with Gasteiger partial charge in [0.25, 0.3) is 5.91 Å². The first-order chi connectivity index (χ1) is 15.2. The number of ether oxygens (including phenoxy) is 2. The zero-order chi connectivity index (χ0) is 21.4. The lowest BCUT2D eigenvalue weighted by atomic mass is 9.92. The first-order valence-corrected chi connectivity index (χ1v) is 9.95. The molecule has 0 aliphatic carbocycles. The highest BCUT2D eigenvalue weighted by Crippen LogP contribution is 2.36. The normalized spacial score (nSPS) is 13.8. The number of H-pyrrole nitrogens is 1. The zero-order valence-corrected chi connectivity index (χ0v) is 17.2. The SMILES string of the molecule is COc1ccc(-c2nccnc2C2CN(C(=O)c3nc4ccccc4[nH]3)C2)cc1OC. The van der Waals surface area contributed by atoms with Gasteiger partial charge in [-0.2, -0.15) is 0 Å². The van der Waals surface area contributed by atoms with Crippen LogP contribution in [0.4, 0.5) is 0 Å². The molecule has 31 heavy (non-hydrogen) atoms. The van der Waals surface area contributed by atoms with Crippen molar-refractivity contribution in [2.24, 2.45) is 0 Å². The molecule has 0 spiro atoms. The summed E-state index contributed by atoms with van der Waals surface area (Å²) in [6.45, 7) is 1.13. The molecule has 1 N–H and O–H groups in total. The quantitative estimate of drug-likeness (QED) is 0.538. The molecule has 0 bridgehead atoms. The van der Waals surface area contributed by atoms with Crippen LogP contribution in [0.5, 0.6) is 11.5 Å². The minimum absolute atomic E-state index is 0.102. The number of imidazole rings is 1. The Morgan fingerprint density at radius 3 is 2.58 bits per heavy atom. The maximum absolute atomic E-state index is 12.8. The van der Waals surface area contributed by atoms with Crippen molar-refractivity contribution in [2.75, 3.05) is 27.3 Å². The van der Waals surface area contributed by atoms with Gasteiger partial charge >= 0.3 is 0 Å². The lowest BCUT2D eigenvalue weighted by Gasteiger charge is -2.38. The monoisotopic (exact) mass is 415 g/mol.